The summed E-state index contributed by atoms with van der Waals surface area (Å²) in [6, 6.07) is 13.1. The first-order valence-corrected chi connectivity index (χ1v) is 9.89. The van der Waals surface area contributed by atoms with Crippen LogP contribution in [0.1, 0.15) is 5.56 Å². The van der Waals surface area contributed by atoms with Crippen molar-refractivity contribution < 1.29 is 35.5 Å². The Labute approximate surface area is 169 Å². The van der Waals surface area contributed by atoms with Crippen molar-refractivity contribution in [2.24, 2.45) is 0 Å². The number of sulfonamides is 1. The zero-order chi connectivity index (χ0) is 21.9. The summed E-state index contributed by atoms with van der Waals surface area (Å²) in [5, 5.41) is 0. The quantitative estimate of drug-likeness (QED) is 0.517. The monoisotopic (exact) mass is 441 g/mol. The van der Waals surface area contributed by atoms with Crippen LogP contribution >= 0.6 is 0 Å². The molecule has 0 amide bonds. The fourth-order valence-corrected chi connectivity index (χ4v) is 3.70. The maximum absolute atomic E-state index is 14.0. The summed E-state index contributed by atoms with van der Waals surface area (Å²) in [6.07, 6.45) is -4.73. The van der Waals surface area contributed by atoms with E-state index in [0.29, 0.717) is 6.07 Å². The van der Waals surface area contributed by atoms with Gasteiger partial charge in [0.15, 0.2) is 17.2 Å². The summed E-state index contributed by atoms with van der Waals surface area (Å²) < 4.78 is 91.4. The first-order chi connectivity index (χ1) is 14.1. The molecule has 0 fully saturated rings. The number of rotatable bonds is 6. The third-order valence-corrected chi connectivity index (χ3v) is 5.37. The molecular weight excluding hydrogens is 426 g/mol. The number of para-hydroxylation sites is 2. The molecule has 3 aromatic carbocycles. The highest BCUT2D eigenvalue weighted by Crippen LogP contribution is 2.39. The molecule has 30 heavy (non-hydrogen) atoms. The van der Waals surface area contributed by atoms with E-state index < -0.39 is 38.2 Å². The predicted molar refractivity (Wildman–Crippen MR) is 102 cm³/mol. The summed E-state index contributed by atoms with van der Waals surface area (Å²) in [7, 11) is -3.17. The average Bonchev–Trinajstić information content (AvgIpc) is 2.69. The lowest BCUT2D eigenvalue weighted by Crippen LogP contribution is -2.16. The third-order valence-electron chi connectivity index (χ3n) is 3.97. The van der Waals surface area contributed by atoms with E-state index in [1.165, 1.54) is 25.3 Å². The molecule has 0 aliphatic heterocycles. The molecule has 0 radical (unpaired) electrons. The van der Waals surface area contributed by atoms with E-state index in [0.717, 1.165) is 24.3 Å². The summed E-state index contributed by atoms with van der Waals surface area (Å²) in [5.41, 5.74) is -1.62. The highest BCUT2D eigenvalue weighted by atomic mass is 32.2. The lowest BCUT2D eigenvalue weighted by molar-refractivity contribution is -0.137. The normalized spacial score (nSPS) is 11.8. The zero-order valence-electron chi connectivity index (χ0n) is 15.4. The molecule has 0 spiro atoms. The molecular formula is C20H15F4NO4S. The topological polar surface area (TPSA) is 64.6 Å². The second kappa shape index (κ2) is 8.23. The maximum atomic E-state index is 14.0. The molecule has 0 bridgehead atoms. The first kappa shape index (κ1) is 21.4. The molecule has 3 aromatic rings. The van der Waals surface area contributed by atoms with Crippen molar-refractivity contribution in [2.45, 2.75) is 11.1 Å². The van der Waals surface area contributed by atoms with E-state index >= 15 is 0 Å². The largest absolute Gasteiger partial charge is 0.493 e. The number of anilines is 1. The molecule has 0 aromatic heterocycles. The molecule has 0 unspecified atom stereocenters. The van der Waals surface area contributed by atoms with Crippen molar-refractivity contribution >= 4 is 15.7 Å². The summed E-state index contributed by atoms with van der Waals surface area (Å²) >= 11 is 0. The molecule has 158 valence electrons. The van der Waals surface area contributed by atoms with Crippen molar-refractivity contribution in [3.8, 4) is 17.2 Å². The minimum atomic E-state index is -4.73. The Balaban J connectivity index is 2.07. The zero-order valence-corrected chi connectivity index (χ0v) is 16.2. The Morgan fingerprint density at radius 2 is 1.50 bits per heavy atom. The smallest absolute Gasteiger partial charge is 0.416 e. The number of halogens is 4. The van der Waals surface area contributed by atoms with Crippen LogP contribution in [0.15, 0.2) is 71.6 Å². The Kier molecular flexibility index (Phi) is 5.88. The van der Waals surface area contributed by atoms with Crippen molar-refractivity contribution in [3.63, 3.8) is 0 Å². The van der Waals surface area contributed by atoms with Crippen LogP contribution < -0.4 is 14.2 Å². The molecule has 1 N–H and O–H groups in total. The second-order valence-electron chi connectivity index (χ2n) is 6.00. The van der Waals surface area contributed by atoms with Crippen LogP contribution in [0.2, 0.25) is 0 Å². The SMILES string of the molecule is COc1ccccc1Oc1ccc(C(F)(F)F)cc1NS(=O)(=O)c1ccccc1F. The molecule has 5 nitrogen and oxygen atoms in total. The predicted octanol–water partition coefficient (Wildman–Crippen LogP) is 5.45. The Morgan fingerprint density at radius 3 is 2.13 bits per heavy atom. The minimum Gasteiger partial charge on any atom is -0.493 e. The summed E-state index contributed by atoms with van der Waals surface area (Å²) in [4.78, 5) is -0.717. The maximum Gasteiger partial charge on any atom is 0.416 e. The number of benzene rings is 3. The fraction of sp³-hybridized carbons (Fsp3) is 0.100. The van der Waals surface area contributed by atoms with Crippen molar-refractivity contribution in [3.05, 3.63) is 78.1 Å². The van der Waals surface area contributed by atoms with Crippen molar-refractivity contribution in [1.29, 1.82) is 0 Å². The third kappa shape index (κ3) is 4.65. The number of hydrogen-bond donors (Lipinski definition) is 1. The Morgan fingerprint density at radius 1 is 0.867 bits per heavy atom. The van der Waals surface area contributed by atoms with Gasteiger partial charge < -0.3 is 9.47 Å². The van der Waals surface area contributed by atoms with E-state index in [1.54, 1.807) is 18.2 Å². The molecule has 10 heteroatoms. The van der Waals surface area contributed by atoms with E-state index in [-0.39, 0.29) is 17.2 Å². The number of nitrogens with one attached hydrogen (secondary N) is 1. The van der Waals surface area contributed by atoms with Crippen LogP contribution in [0, 0.1) is 5.82 Å². The number of hydrogen-bond acceptors (Lipinski definition) is 4. The van der Waals surface area contributed by atoms with E-state index in [9.17, 15) is 26.0 Å². The number of methoxy groups -OCH3 is 1. The van der Waals surface area contributed by atoms with Gasteiger partial charge in [0, 0.05) is 0 Å². The molecule has 0 aliphatic rings. The Hall–Kier alpha value is -3.27. The molecule has 3 rings (SSSR count). The van der Waals surface area contributed by atoms with Crippen LogP contribution in [0.25, 0.3) is 0 Å². The van der Waals surface area contributed by atoms with Crippen LogP contribution in [0.3, 0.4) is 0 Å². The average molecular weight is 441 g/mol. The van der Waals surface area contributed by atoms with Gasteiger partial charge in [-0.05, 0) is 42.5 Å². The van der Waals surface area contributed by atoms with Gasteiger partial charge in [-0.15, -0.1) is 0 Å². The van der Waals surface area contributed by atoms with Gasteiger partial charge in [0.05, 0.1) is 18.4 Å². The number of alkyl halides is 3. The highest BCUT2D eigenvalue weighted by molar-refractivity contribution is 7.92. The van der Waals surface area contributed by atoms with Gasteiger partial charge in [-0.25, -0.2) is 12.8 Å². The standard InChI is InChI=1S/C20H15F4NO4S/c1-28-17-7-3-4-8-18(17)29-16-11-10-13(20(22,23)24)12-15(16)25-30(26,27)19-9-5-2-6-14(19)21/h2-12,25H,1H3. The van der Waals surface area contributed by atoms with Crippen molar-refractivity contribution in [2.75, 3.05) is 11.8 Å². The highest BCUT2D eigenvalue weighted by Gasteiger charge is 2.32. The molecule has 0 saturated carbocycles. The van der Waals surface area contributed by atoms with Crippen molar-refractivity contribution in [1.82, 2.24) is 0 Å². The van der Waals surface area contributed by atoms with E-state index in [1.807, 2.05) is 4.72 Å². The molecule has 0 saturated heterocycles. The van der Waals surface area contributed by atoms with Crippen LogP contribution in [0.4, 0.5) is 23.2 Å². The van der Waals surface area contributed by atoms with Gasteiger partial charge in [-0.1, -0.05) is 24.3 Å². The molecule has 0 atom stereocenters. The molecule has 0 aliphatic carbocycles. The molecule has 0 heterocycles. The van der Waals surface area contributed by atoms with Gasteiger partial charge in [-0.3, -0.25) is 4.72 Å². The van der Waals surface area contributed by atoms with Gasteiger partial charge in [0.2, 0.25) is 0 Å². The summed E-state index contributed by atoms with van der Waals surface area (Å²) in [5.74, 6) is -0.858. The summed E-state index contributed by atoms with van der Waals surface area (Å²) in [6.45, 7) is 0. The van der Waals surface area contributed by atoms with Crippen LogP contribution in [-0.4, -0.2) is 15.5 Å². The fourth-order valence-electron chi connectivity index (χ4n) is 2.56. The van der Waals surface area contributed by atoms with Crippen LogP contribution in [-0.2, 0) is 16.2 Å². The first-order valence-electron chi connectivity index (χ1n) is 8.41. The van der Waals surface area contributed by atoms with Gasteiger partial charge in [0.25, 0.3) is 10.0 Å². The van der Waals surface area contributed by atoms with Crippen LogP contribution in [0.5, 0.6) is 17.2 Å². The minimum absolute atomic E-state index is 0.145. The second-order valence-corrected chi connectivity index (χ2v) is 7.65. The van der Waals surface area contributed by atoms with Gasteiger partial charge >= 0.3 is 6.18 Å². The van der Waals surface area contributed by atoms with Gasteiger partial charge in [0.1, 0.15) is 10.7 Å². The lowest BCUT2D eigenvalue weighted by atomic mass is 10.2. The lowest BCUT2D eigenvalue weighted by Gasteiger charge is -2.17. The Bertz CT molecular complexity index is 1160. The number of ether oxygens (including phenoxy) is 2. The van der Waals surface area contributed by atoms with Gasteiger partial charge in [-0.2, -0.15) is 13.2 Å². The van der Waals surface area contributed by atoms with E-state index in [2.05, 4.69) is 0 Å². The van der Waals surface area contributed by atoms with E-state index in [4.69, 9.17) is 9.47 Å².